The summed E-state index contributed by atoms with van der Waals surface area (Å²) in [5.41, 5.74) is 5.31. The van der Waals surface area contributed by atoms with Crippen LogP contribution in [0.25, 0.3) is 21.7 Å². The fraction of sp³-hybridized carbons (Fsp3) is 0.167. The Morgan fingerprint density at radius 1 is 1.00 bits per heavy atom. The van der Waals surface area contributed by atoms with Gasteiger partial charge >= 0.3 is 5.97 Å². The Labute approximate surface area is 164 Å². The molecule has 0 saturated heterocycles. The van der Waals surface area contributed by atoms with Crippen LogP contribution in [0.3, 0.4) is 0 Å². The molecule has 0 unspecified atom stereocenters. The number of carbonyl (C=O) groups excluding carboxylic acids is 1. The molecule has 4 nitrogen and oxygen atoms in total. The van der Waals surface area contributed by atoms with E-state index in [2.05, 4.69) is 48.4 Å². The number of pyridine rings is 1. The SMILES string of the molecule is CCOC(=O)c1cnc2c(ccc3ccccc32)c1Nc1cccc(C)c1C. The fourth-order valence-corrected chi connectivity index (χ4v) is 3.45. The van der Waals surface area contributed by atoms with Gasteiger partial charge in [0, 0.05) is 22.7 Å². The summed E-state index contributed by atoms with van der Waals surface area (Å²) in [5, 5.41) is 6.55. The van der Waals surface area contributed by atoms with Crippen LogP contribution in [0.1, 0.15) is 28.4 Å². The van der Waals surface area contributed by atoms with Crippen LogP contribution in [0.2, 0.25) is 0 Å². The topological polar surface area (TPSA) is 51.2 Å². The summed E-state index contributed by atoms with van der Waals surface area (Å²) in [6.45, 7) is 6.26. The van der Waals surface area contributed by atoms with E-state index in [0.29, 0.717) is 12.2 Å². The first kappa shape index (κ1) is 18.0. The molecule has 0 atom stereocenters. The second-order valence-corrected chi connectivity index (χ2v) is 6.82. The number of hydrogen-bond donors (Lipinski definition) is 1. The largest absolute Gasteiger partial charge is 0.462 e. The van der Waals surface area contributed by atoms with Gasteiger partial charge in [0.25, 0.3) is 0 Å². The van der Waals surface area contributed by atoms with Crippen molar-refractivity contribution in [2.24, 2.45) is 0 Å². The van der Waals surface area contributed by atoms with E-state index < -0.39 is 0 Å². The van der Waals surface area contributed by atoms with Crippen LogP contribution < -0.4 is 5.32 Å². The van der Waals surface area contributed by atoms with Gasteiger partial charge in [-0.3, -0.25) is 4.98 Å². The van der Waals surface area contributed by atoms with Gasteiger partial charge in [0.2, 0.25) is 0 Å². The van der Waals surface area contributed by atoms with Crippen molar-refractivity contribution in [2.45, 2.75) is 20.8 Å². The molecule has 0 aliphatic heterocycles. The highest BCUT2D eigenvalue weighted by Gasteiger charge is 2.18. The fourth-order valence-electron chi connectivity index (χ4n) is 3.45. The normalized spacial score (nSPS) is 11.0. The van der Waals surface area contributed by atoms with Gasteiger partial charge in [-0.25, -0.2) is 4.79 Å². The molecule has 0 fully saturated rings. The van der Waals surface area contributed by atoms with E-state index in [0.717, 1.165) is 38.6 Å². The third-order valence-corrected chi connectivity index (χ3v) is 5.12. The summed E-state index contributed by atoms with van der Waals surface area (Å²) in [4.78, 5) is 17.2. The van der Waals surface area contributed by atoms with Crippen molar-refractivity contribution in [2.75, 3.05) is 11.9 Å². The molecule has 0 aliphatic carbocycles. The van der Waals surface area contributed by atoms with Gasteiger partial charge in [-0.05, 0) is 43.4 Å². The second-order valence-electron chi connectivity index (χ2n) is 6.82. The maximum Gasteiger partial charge on any atom is 0.341 e. The molecule has 0 radical (unpaired) electrons. The van der Waals surface area contributed by atoms with Crippen molar-refractivity contribution >= 4 is 39.0 Å². The van der Waals surface area contributed by atoms with Gasteiger partial charge in [0.05, 0.1) is 17.8 Å². The molecule has 140 valence electrons. The van der Waals surface area contributed by atoms with Gasteiger partial charge in [0.1, 0.15) is 5.56 Å². The van der Waals surface area contributed by atoms with E-state index in [1.165, 1.54) is 5.56 Å². The van der Waals surface area contributed by atoms with E-state index in [9.17, 15) is 4.79 Å². The van der Waals surface area contributed by atoms with Crippen LogP contribution in [0.15, 0.2) is 60.8 Å². The number of benzene rings is 3. The van der Waals surface area contributed by atoms with Gasteiger partial charge in [-0.1, -0.05) is 48.5 Å². The molecule has 1 N–H and O–H groups in total. The Bertz CT molecular complexity index is 1200. The number of aryl methyl sites for hydroxylation is 1. The molecule has 4 rings (SSSR count). The lowest BCUT2D eigenvalue weighted by Crippen LogP contribution is -2.10. The number of ether oxygens (including phenoxy) is 1. The summed E-state index contributed by atoms with van der Waals surface area (Å²) in [5.74, 6) is -0.377. The Kier molecular flexibility index (Phi) is 4.70. The molecule has 28 heavy (non-hydrogen) atoms. The van der Waals surface area contributed by atoms with Gasteiger partial charge in [-0.2, -0.15) is 0 Å². The molecule has 0 amide bonds. The van der Waals surface area contributed by atoms with Crippen LogP contribution in [-0.2, 0) is 4.74 Å². The highest BCUT2D eigenvalue weighted by molar-refractivity contribution is 6.13. The molecule has 0 aliphatic rings. The van der Waals surface area contributed by atoms with E-state index in [1.54, 1.807) is 13.1 Å². The summed E-state index contributed by atoms with van der Waals surface area (Å²) in [6, 6.07) is 18.3. The number of aromatic nitrogens is 1. The van der Waals surface area contributed by atoms with Crippen molar-refractivity contribution in [1.82, 2.24) is 4.98 Å². The molecule has 0 bridgehead atoms. The number of rotatable bonds is 4. The molecule has 1 aromatic heterocycles. The monoisotopic (exact) mass is 370 g/mol. The lowest BCUT2D eigenvalue weighted by molar-refractivity contribution is 0.0527. The standard InChI is InChI=1S/C24H22N2O2/c1-4-28-24(27)20-14-25-22-18-10-6-5-9-17(18)12-13-19(22)23(20)26-21-11-7-8-15(2)16(21)3/h5-14H,4H2,1-3H3,(H,25,26). The highest BCUT2D eigenvalue weighted by atomic mass is 16.5. The third kappa shape index (κ3) is 3.07. The van der Waals surface area contributed by atoms with Crippen molar-refractivity contribution in [3.63, 3.8) is 0 Å². The summed E-state index contributed by atoms with van der Waals surface area (Å²) >= 11 is 0. The van der Waals surface area contributed by atoms with Crippen LogP contribution in [-0.4, -0.2) is 17.6 Å². The Balaban J connectivity index is 1.98. The zero-order valence-corrected chi connectivity index (χ0v) is 16.2. The van der Waals surface area contributed by atoms with E-state index >= 15 is 0 Å². The molecule has 3 aromatic carbocycles. The number of esters is 1. The van der Waals surface area contributed by atoms with Crippen molar-refractivity contribution in [3.8, 4) is 0 Å². The average molecular weight is 370 g/mol. The zero-order valence-electron chi connectivity index (χ0n) is 16.2. The van der Waals surface area contributed by atoms with Crippen molar-refractivity contribution in [1.29, 1.82) is 0 Å². The number of carbonyl (C=O) groups is 1. The quantitative estimate of drug-likeness (QED) is 0.357. The Hall–Kier alpha value is -3.40. The predicted octanol–water partition coefficient (Wildman–Crippen LogP) is 5.93. The molecule has 1 heterocycles. The minimum Gasteiger partial charge on any atom is -0.462 e. The predicted molar refractivity (Wildman–Crippen MR) is 114 cm³/mol. The first-order valence-electron chi connectivity index (χ1n) is 9.41. The molecule has 4 heteroatoms. The van der Waals surface area contributed by atoms with E-state index in [4.69, 9.17) is 4.74 Å². The number of nitrogens with one attached hydrogen (secondary N) is 1. The van der Waals surface area contributed by atoms with Crippen molar-refractivity contribution < 1.29 is 9.53 Å². The maximum atomic E-state index is 12.6. The first-order chi connectivity index (χ1) is 13.6. The van der Waals surface area contributed by atoms with Crippen LogP contribution in [0, 0.1) is 13.8 Å². The van der Waals surface area contributed by atoms with E-state index in [1.807, 2.05) is 30.3 Å². The Morgan fingerprint density at radius 3 is 2.64 bits per heavy atom. The number of hydrogen-bond acceptors (Lipinski definition) is 4. The lowest BCUT2D eigenvalue weighted by Gasteiger charge is -2.17. The maximum absolute atomic E-state index is 12.6. The van der Waals surface area contributed by atoms with Crippen LogP contribution in [0.5, 0.6) is 0 Å². The molecular formula is C24H22N2O2. The first-order valence-corrected chi connectivity index (χ1v) is 9.41. The Morgan fingerprint density at radius 2 is 1.82 bits per heavy atom. The second kappa shape index (κ2) is 7.31. The van der Waals surface area contributed by atoms with Crippen LogP contribution in [0.4, 0.5) is 11.4 Å². The summed E-state index contributed by atoms with van der Waals surface area (Å²) in [7, 11) is 0. The van der Waals surface area contributed by atoms with Gasteiger partial charge in [0.15, 0.2) is 0 Å². The van der Waals surface area contributed by atoms with E-state index in [-0.39, 0.29) is 5.97 Å². The van der Waals surface area contributed by atoms with Gasteiger partial charge in [-0.15, -0.1) is 0 Å². The zero-order chi connectivity index (χ0) is 19.7. The summed E-state index contributed by atoms with van der Waals surface area (Å²) in [6.07, 6.45) is 1.61. The van der Waals surface area contributed by atoms with Crippen molar-refractivity contribution in [3.05, 3.63) is 77.5 Å². The molecule has 0 saturated carbocycles. The minimum atomic E-state index is -0.377. The number of anilines is 2. The molecular weight excluding hydrogens is 348 g/mol. The summed E-state index contributed by atoms with van der Waals surface area (Å²) < 4.78 is 5.28. The molecule has 4 aromatic rings. The average Bonchev–Trinajstić information content (AvgIpc) is 2.71. The lowest BCUT2D eigenvalue weighted by atomic mass is 10.0. The third-order valence-electron chi connectivity index (χ3n) is 5.12. The molecule has 0 spiro atoms. The minimum absolute atomic E-state index is 0.317. The smallest absolute Gasteiger partial charge is 0.341 e. The highest BCUT2D eigenvalue weighted by Crippen LogP contribution is 2.34. The van der Waals surface area contributed by atoms with Crippen LogP contribution >= 0.6 is 0 Å². The number of nitrogens with zero attached hydrogens (tertiary/aromatic N) is 1. The van der Waals surface area contributed by atoms with Gasteiger partial charge < -0.3 is 10.1 Å². The number of fused-ring (bicyclic) bond motifs is 3.